The van der Waals surface area contributed by atoms with Crippen LogP contribution < -0.4 is 11.1 Å². The molecule has 0 aromatic carbocycles. The van der Waals surface area contributed by atoms with Gasteiger partial charge in [-0.05, 0) is 26.0 Å². The van der Waals surface area contributed by atoms with E-state index in [0.29, 0.717) is 27.3 Å². The largest absolute Gasteiger partial charge is 0.383 e. The van der Waals surface area contributed by atoms with Crippen LogP contribution in [0.4, 0.5) is 20.4 Å². The average Bonchev–Trinajstić information content (AvgIpc) is 3.44. The van der Waals surface area contributed by atoms with E-state index in [2.05, 4.69) is 35.6 Å². The zero-order valence-corrected chi connectivity index (χ0v) is 17.8. The highest BCUT2D eigenvalue weighted by Crippen LogP contribution is 2.45. The number of nitrogens with one attached hydrogen (secondary N) is 1. The summed E-state index contributed by atoms with van der Waals surface area (Å²) in [7, 11) is 0. The number of carbonyl (C=O) groups excluding carboxylic acids is 1. The number of fused-ring (bicyclic) bond motifs is 2. The molecule has 0 bridgehead atoms. The molecule has 1 atom stereocenters. The number of aromatic nitrogens is 7. The van der Waals surface area contributed by atoms with Crippen LogP contribution in [0, 0.1) is 0 Å². The molecule has 0 fully saturated rings. The minimum Gasteiger partial charge on any atom is -0.383 e. The Kier molecular flexibility index (Phi) is 4.41. The van der Waals surface area contributed by atoms with Gasteiger partial charge in [0.25, 0.3) is 0 Å². The van der Waals surface area contributed by atoms with E-state index in [4.69, 9.17) is 5.73 Å². The van der Waals surface area contributed by atoms with Crippen LogP contribution in [-0.2, 0) is 16.8 Å². The molecular formula is C19H17F2N9OS. The molecule has 13 heteroatoms. The Morgan fingerprint density at radius 1 is 1.34 bits per heavy atom. The third-order valence-electron chi connectivity index (χ3n) is 5.39. The quantitative estimate of drug-likeness (QED) is 0.467. The van der Waals surface area contributed by atoms with E-state index >= 15 is 0 Å². The lowest BCUT2D eigenvalue weighted by molar-refractivity contribution is -0.119. The maximum absolute atomic E-state index is 13.4. The summed E-state index contributed by atoms with van der Waals surface area (Å²) in [6, 6.07) is 3.46. The third kappa shape index (κ3) is 3.07. The van der Waals surface area contributed by atoms with E-state index in [9.17, 15) is 13.6 Å². The molecular weight excluding hydrogens is 440 g/mol. The van der Waals surface area contributed by atoms with Gasteiger partial charge in [0.15, 0.2) is 11.5 Å². The zero-order chi connectivity index (χ0) is 22.7. The second-order valence-electron chi connectivity index (χ2n) is 7.75. The fourth-order valence-corrected chi connectivity index (χ4v) is 4.46. The number of nitrogens with two attached hydrogens (primary N) is 1. The van der Waals surface area contributed by atoms with Crippen LogP contribution in [0.15, 0.2) is 23.8 Å². The van der Waals surface area contributed by atoms with Crippen molar-refractivity contribution in [3.63, 3.8) is 0 Å². The molecule has 3 N–H and O–H groups in total. The van der Waals surface area contributed by atoms with Crippen molar-refractivity contribution in [2.75, 3.05) is 11.1 Å². The summed E-state index contributed by atoms with van der Waals surface area (Å²) >= 11 is 1.23. The summed E-state index contributed by atoms with van der Waals surface area (Å²) in [4.78, 5) is 26.0. The van der Waals surface area contributed by atoms with E-state index in [1.807, 2.05) is 0 Å². The van der Waals surface area contributed by atoms with Crippen LogP contribution in [0.2, 0.25) is 0 Å². The highest BCUT2D eigenvalue weighted by atomic mass is 32.1. The van der Waals surface area contributed by atoms with Gasteiger partial charge in [-0.15, -0.1) is 21.5 Å². The summed E-state index contributed by atoms with van der Waals surface area (Å²) in [5.41, 5.74) is 7.82. The smallest absolute Gasteiger partial charge is 0.247 e. The fraction of sp³-hybridized carbons (Fsp3) is 0.316. The van der Waals surface area contributed by atoms with Gasteiger partial charge in [-0.25, -0.2) is 28.4 Å². The third-order valence-corrected chi connectivity index (χ3v) is 6.31. The van der Waals surface area contributed by atoms with Gasteiger partial charge in [0.1, 0.15) is 33.3 Å². The topological polar surface area (TPSA) is 137 Å². The first-order valence-corrected chi connectivity index (χ1v) is 10.5. The van der Waals surface area contributed by atoms with Gasteiger partial charge in [-0.3, -0.25) is 4.79 Å². The van der Waals surface area contributed by atoms with E-state index in [-0.39, 0.29) is 29.9 Å². The van der Waals surface area contributed by atoms with Crippen molar-refractivity contribution in [1.29, 1.82) is 0 Å². The van der Waals surface area contributed by atoms with Crippen LogP contribution in [0.1, 0.15) is 30.8 Å². The van der Waals surface area contributed by atoms with Crippen molar-refractivity contribution >= 4 is 39.9 Å². The van der Waals surface area contributed by atoms with Crippen LogP contribution in [0.25, 0.3) is 22.6 Å². The predicted molar refractivity (Wildman–Crippen MR) is 113 cm³/mol. The van der Waals surface area contributed by atoms with Crippen LogP contribution in [0.3, 0.4) is 0 Å². The first-order valence-electron chi connectivity index (χ1n) is 9.64. The Morgan fingerprint density at radius 2 is 2.16 bits per heavy atom. The molecule has 0 aliphatic carbocycles. The summed E-state index contributed by atoms with van der Waals surface area (Å²) in [6.07, 6.45) is 1.16. The second-order valence-corrected chi connectivity index (χ2v) is 8.58. The number of rotatable bonds is 5. The van der Waals surface area contributed by atoms with E-state index < -0.39 is 17.8 Å². The molecule has 1 aliphatic heterocycles. The van der Waals surface area contributed by atoms with Gasteiger partial charge < -0.3 is 11.1 Å². The molecule has 0 saturated carbocycles. The Hall–Kier alpha value is -3.61. The molecule has 1 unspecified atom stereocenters. The van der Waals surface area contributed by atoms with Crippen LogP contribution in [-0.4, -0.2) is 46.8 Å². The van der Waals surface area contributed by atoms with Gasteiger partial charge in [0.05, 0.1) is 10.9 Å². The number of aryl methyl sites for hydroxylation is 1. The lowest BCUT2D eigenvalue weighted by Crippen LogP contribution is -2.32. The van der Waals surface area contributed by atoms with E-state index in [0.717, 1.165) is 6.92 Å². The normalized spacial score (nSPS) is 18.2. The molecule has 4 aromatic rings. The molecule has 4 aromatic heterocycles. The van der Waals surface area contributed by atoms with Crippen molar-refractivity contribution in [1.82, 2.24) is 34.9 Å². The fourth-order valence-electron chi connectivity index (χ4n) is 3.74. The molecule has 0 saturated heterocycles. The molecule has 5 rings (SSSR count). The highest BCUT2D eigenvalue weighted by molar-refractivity contribution is 7.09. The number of alkyl halides is 2. The van der Waals surface area contributed by atoms with Crippen molar-refractivity contribution in [2.45, 2.75) is 38.2 Å². The van der Waals surface area contributed by atoms with Crippen molar-refractivity contribution in [3.8, 4) is 11.5 Å². The van der Waals surface area contributed by atoms with Crippen LogP contribution >= 0.6 is 11.3 Å². The average molecular weight is 457 g/mol. The summed E-state index contributed by atoms with van der Waals surface area (Å²) in [6.45, 7) is 2.51. The van der Waals surface area contributed by atoms with Crippen molar-refractivity contribution in [2.24, 2.45) is 0 Å². The molecule has 1 amide bonds. The minimum atomic E-state index is -2.85. The SMILES string of the molecule is CC(F)(F)CCn1nc(-c2nc(N)c3c(n2)NC(=O)C3(C)c2nncs2)c2cccnc21. The highest BCUT2D eigenvalue weighted by Gasteiger charge is 2.50. The number of hydrogen-bond donors (Lipinski definition) is 2. The molecule has 0 spiro atoms. The first kappa shape index (κ1) is 20.3. The predicted octanol–water partition coefficient (Wildman–Crippen LogP) is 2.63. The Labute approximate surface area is 183 Å². The lowest BCUT2D eigenvalue weighted by atomic mass is 9.85. The van der Waals surface area contributed by atoms with Crippen molar-refractivity contribution < 1.29 is 13.6 Å². The van der Waals surface area contributed by atoms with Gasteiger partial charge in [-0.2, -0.15) is 5.10 Å². The minimum absolute atomic E-state index is 0.0384. The second kappa shape index (κ2) is 6.95. The zero-order valence-electron chi connectivity index (χ0n) is 17.0. The molecule has 32 heavy (non-hydrogen) atoms. The maximum Gasteiger partial charge on any atom is 0.247 e. The Morgan fingerprint density at radius 3 is 2.88 bits per heavy atom. The number of hydrogen-bond acceptors (Lipinski definition) is 9. The maximum atomic E-state index is 13.4. The molecule has 5 heterocycles. The number of nitrogens with zero attached hydrogens (tertiary/aromatic N) is 7. The van der Waals surface area contributed by atoms with Gasteiger partial charge in [0, 0.05) is 19.2 Å². The van der Waals surface area contributed by atoms with Crippen molar-refractivity contribution in [3.05, 3.63) is 34.4 Å². The van der Waals surface area contributed by atoms with E-state index in [1.54, 1.807) is 25.3 Å². The monoisotopic (exact) mass is 457 g/mol. The Bertz CT molecular complexity index is 1350. The first-order chi connectivity index (χ1) is 15.2. The van der Waals surface area contributed by atoms with Crippen LogP contribution in [0.5, 0.6) is 0 Å². The summed E-state index contributed by atoms with van der Waals surface area (Å²) < 4.78 is 28.2. The number of carbonyl (C=O) groups is 1. The molecule has 1 aliphatic rings. The van der Waals surface area contributed by atoms with E-state index in [1.165, 1.54) is 21.5 Å². The summed E-state index contributed by atoms with van der Waals surface area (Å²) in [5, 5.41) is 16.1. The molecule has 164 valence electrons. The van der Waals surface area contributed by atoms with Gasteiger partial charge >= 0.3 is 0 Å². The Balaban J connectivity index is 1.63. The standard InChI is InChI=1S/C19H17F2N9OS/c1-18(20,21)5-7-30-15-9(4-3-6-23-15)11(29-30)14-25-12(22)10-13(26-14)27-16(31)19(10,2)17-28-24-8-32-17/h3-4,6,8H,5,7H2,1-2H3,(H3,22,25,26,27,31). The molecule has 10 nitrogen and oxygen atoms in total. The lowest BCUT2D eigenvalue weighted by Gasteiger charge is -2.19. The number of halogens is 2. The summed E-state index contributed by atoms with van der Waals surface area (Å²) in [5.74, 6) is -2.69. The number of pyridine rings is 1. The number of nitrogen functional groups attached to an aromatic ring is 1. The van der Waals surface area contributed by atoms with Gasteiger partial charge in [0.2, 0.25) is 11.8 Å². The number of amides is 1. The van der Waals surface area contributed by atoms with Gasteiger partial charge in [-0.1, -0.05) is 0 Å². The molecule has 0 radical (unpaired) electrons. The number of anilines is 2.